The zero-order valence-electron chi connectivity index (χ0n) is 13.8. The standard InChI is InChI=1S/C16H23N3O4S/c1-24(21,22)18-11-13-5-4-7-16(23-13)8-10-19(12-16)15(20)14-6-2-3-9-17-14/h2-3,6,9,13,18H,4-5,7-8,10-12H2,1H3/t13-,16+/m0/s1. The molecule has 0 unspecified atom stereocenters. The lowest BCUT2D eigenvalue weighted by Gasteiger charge is -2.38. The van der Waals surface area contributed by atoms with Crippen molar-refractivity contribution in [2.24, 2.45) is 0 Å². The van der Waals surface area contributed by atoms with Crippen molar-refractivity contribution in [3.63, 3.8) is 0 Å². The minimum absolute atomic E-state index is 0.0764. The molecule has 0 aromatic carbocycles. The lowest BCUT2D eigenvalue weighted by Crippen LogP contribution is -2.47. The molecule has 1 aromatic rings. The van der Waals surface area contributed by atoms with E-state index in [1.807, 2.05) is 0 Å². The topological polar surface area (TPSA) is 88.6 Å². The van der Waals surface area contributed by atoms with E-state index in [2.05, 4.69) is 9.71 Å². The predicted molar refractivity (Wildman–Crippen MR) is 89.1 cm³/mol. The summed E-state index contributed by atoms with van der Waals surface area (Å²) in [6.45, 7) is 1.47. The Morgan fingerprint density at radius 1 is 1.46 bits per heavy atom. The molecule has 0 radical (unpaired) electrons. The van der Waals surface area contributed by atoms with Gasteiger partial charge >= 0.3 is 0 Å². The van der Waals surface area contributed by atoms with E-state index in [1.54, 1.807) is 29.3 Å². The summed E-state index contributed by atoms with van der Waals surface area (Å²) in [5.74, 6) is -0.0764. The van der Waals surface area contributed by atoms with E-state index < -0.39 is 10.0 Å². The third-order valence-corrected chi connectivity index (χ3v) is 5.33. The number of hydrogen-bond acceptors (Lipinski definition) is 5. The van der Waals surface area contributed by atoms with Crippen molar-refractivity contribution in [2.45, 2.75) is 37.4 Å². The number of pyridine rings is 1. The van der Waals surface area contributed by atoms with Gasteiger partial charge in [-0.05, 0) is 37.8 Å². The molecule has 1 N–H and O–H groups in total. The second-order valence-corrected chi connectivity index (χ2v) is 8.46. The SMILES string of the molecule is CS(=O)(=O)NC[C@@H]1CCC[C@]2(CCN(C(=O)c3ccccn3)C2)O1. The number of hydrogen-bond donors (Lipinski definition) is 1. The average molecular weight is 353 g/mol. The molecule has 8 heteroatoms. The van der Waals surface area contributed by atoms with Gasteiger partial charge in [0, 0.05) is 19.3 Å². The van der Waals surface area contributed by atoms with E-state index in [1.165, 1.54) is 0 Å². The van der Waals surface area contributed by atoms with Gasteiger partial charge in [-0.25, -0.2) is 13.1 Å². The minimum atomic E-state index is -3.22. The van der Waals surface area contributed by atoms with Crippen molar-refractivity contribution >= 4 is 15.9 Å². The van der Waals surface area contributed by atoms with Crippen LogP contribution in [0.15, 0.2) is 24.4 Å². The number of aromatic nitrogens is 1. The summed E-state index contributed by atoms with van der Waals surface area (Å²) in [4.78, 5) is 18.4. The molecule has 2 fully saturated rings. The van der Waals surface area contributed by atoms with Crippen molar-refractivity contribution in [3.8, 4) is 0 Å². The molecule has 2 aliphatic rings. The van der Waals surface area contributed by atoms with Gasteiger partial charge in [0.1, 0.15) is 5.69 Å². The molecular formula is C16H23N3O4S. The number of likely N-dealkylation sites (tertiary alicyclic amines) is 1. The molecule has 3 heterocycles. The number of sulfonamides is 1. The molecule has 3 rings (SSSR count). The number of amides is 1. The van der Waals surface area contributed by atoms with Gasteiger partial charge < -0.3 is 9.64 Å². The zero-order chi connectivity index (χ0) is 17.2. The minimum Gasteiger partial charge on any atom is -0.368 e. The molecule has 0 saturated carbocycles. The zero-order valence-corrected chi connectivity index (χ0v) is 14.6. The van der Waals surface area contributed by atoms with Gasteiger partial charge in [-0.3, -0.25) is 9.78 Å². The second-order valence-electron chi connectivity index (χ2n) is 6.63. The van der Waals surface area contributed by atoms with Crippen molar-refractivity contribution in [1.29, 1.82) is 0 Å². The van der Waals surface area contributed by atoms with E-state index in [0.29, 0.717) is 18.8 Å². The van der Waals surface area contributed by atoms with Gasteiger partial charge in [0.25, 0.3) is 5.91 Å². The summed E-state index contributed by atoms with van der Waals surface area (Å²) >= 11 is 0. The predicted octanol–water partition coefficient (Wildman–Crippen LogP) is 0.785. The average Bonchev–Trinajstić information content (AvgIpc) is 2.96. The Balaban J connectivity index is 1.62. The van der Waals surface area contributed by atoms with Crippen LogP contribution < -0.4 is 4.72 Å². The fourth-order valence-electron chi connectivity index (χ4n) is 3.48. The van der Waals surface area contributed by atoms with Crippen molar-refractivity contribution < 1.29 is 17.9 Å². The smallest absolute Gasteiger partial charge is 0.272 e. The Labute approximate surface area is 142 Å². The number of nitrogens with zero attached hydrogens (tertiary/aromatic N) is 2. The fourth-order valence-corrected chi connectivity index (χ4v) is 3.97. The normalized spacial score (nSPS) is 27.5. The Kier molecular flexibility index (Phi) is 4.89. The lowest BCUT2D eigenvalue weighted by atomic mass is 9.90. The number of carbonyl (C=O) groups is 1. The van der Waals surface area contributed by atoms with Crippen LogP contribution in [0.1, 0.15) is 36.2 Å². The highest BCUT2D eigenvalue weighted by molar-refractivity contribution is 7.88. The largest absolute Gasteiger partial charge is 0.368 e. The van der Waals surface area contributed by atoms with Crippen LogP contribution in [-0.4, -0.2) is 61.8 Å². The first-order valence-corrected chi connectivity index (χ1v) is 10.1. The molecule has 0 bridgehead atoms. The second kappa shape index (κ2) is 6.78. The van der Waals surface area contributed by atoms with Crippen LogP contribution in [0.3, 0.4) is 0 Å². The van der Waals surface area contributed by atoms with Gasteiger partial charge in [0.2, 0.25) is 10.0 Å². The van der Waals surface area contributed by atoms with Gasteiger partial charge in [-0.1, -0.05) is 6.07 Å². The molecule has 24 heavy (non-hydrogen) atoms. The first kappa shape index (κ1) is 17.3. The van der Waals surface area contributed by atoms with Crippen LogP contribution in [0.2, 0.25) is 0 Å². The number of rotatable bonds is 4. The third-order valence-electron chi connectivity index (χ3n) is 4.64. The van der Waals surface area contributed by atoms with Crippen LogP contribution in [0, 0.1) is 0 Å². The maximum atomic E-state index is 12.5. The van der Waals surface area contributed by atoms with E-state index in [-0.39, 0.29) is 24.2 Å². The van der Waals surface area contributed by atoms with E-state index in [0.717, 1.165) is 31.9 Å². The molecule has 132 valence electrons. The molecule has 1 aromatic heterocycles. The summed E-state index contributed by atoms with van der Waals surface area (Å²) in [6, 6.07) is 5.30. The van der Waals surface area contributed by atoms with E-state index in [4.69, 9.17) is 4.74 Å². The van der Waals surface area contributed by atoms with Gasteiger partial charge in [0.05, 0.1) is 24.5 Å². The molecule has 2 aliphatic heterocycles. The van der Waals surface area contributed by atoms with Gasteiger partial charge in [0.15, 0.2) is 0 Å². The van der Waals surface area contributed by atoms with Crippen LogP contribution in [0.25, 0.3) is 0 Å². The molecule has 2 atom stereocenters. The van der Waals surface area contributed by atoms with Crippen molar-refractivity contribution in [2.75, 3.05) is 25.9 Å². The summed E-state index contributed by atoms with van der Waals surface area (Å²) in [6.07, 6.45) is 6.10. The first-order chi connectivity index (χ1) is 11.4. The molecule has 1 amide bonds. The van der Waals surface area contributed by atoms with Crippen molar-refractivity contribution in [3.05, 3.63) is 30.1 Å². The maximum absolute atomic E-state index is 12.5. The summed E-state index contributed by atoms with van der Waals surface area (Å²) in [7, 11) is -3.22. The number of ether oxygens (including phenoxy) is 1. The fraction of sp³-hybridized carbons (Fsp3) is 0.625. The summed E-state index contributed by atoms with van der Waals surface area (Å²) in [5, 5.41) is 0. The Morgan fingerprint density at radius 2 is 2.29 bits per heavy atom. The Bertz CT molecular complexity index is 695. The molecular weight excluding hydrogens is 330 g/mol. The highest BCUT2D eigenvalue weighted by Crippen LogP contribution is 2.36. The van der Waals surface area contributed by atoms with Crippen molar-refractivity contribution in [1.82, 2.24) is 14.6 Å². The summed E-state index contributed by atoms with van der Waals surface area (Å²) < 4.78 is 31.2. The molecule has 7 nitrogen and oxygen atoms in total. The number of nitrogens with one attached hydrogen (secondary N) is 1. The Morgan fingerprint density at radius 3 is 3.00 bits per heavy atom. The highest BCUT2D eigenvalue weighted by Gasteiger charge is 2.44. The van der Waals surface area contributed by atoms with Gasteiger partial charge in [-0.15, -0.1) is 0 Å². The Hall–Kier alpha value is -1.51. The van der Waals surface area contributed by atoms with Crippen LogP contribution in [0.5, 0.6) is 0 Å². The maximum Gasteiger partial charge on any atom is 0.272 e. The van der Waals surface area contributed by atoms with E-state index >= 15 is 0 Å². The van der Waals surface area contributed by atoms with Crippen LogP contribution in [0.4, 0.5) is 0 Å². The van der Waals surface area contributed by atoms with Gasteiger partial charge in [-0.2, -0.15) is 0 Å². The van der Waals surface area contributed by atoms with Crippen LogP contribution in [-0.2, 0) is 14.8 Å². The lowest BCUT2D eigenvalue weighted by molar-refractivity contribution is -0.116. The van der Waals surface area contributed by atoms with Crippen LogP contribution >= 0.6 is 0 Å². The molecule has 1 spiro atoms. The third kappa shape index (κ3) is 4.12. The summed E-state index contributed by atoms with van der Waals surface area (Å²) in [5.41, 5.74) is 0.0904. The highest BCUT2D eigenvalue weighted by atomic mass is 32.2. The first-order valence-electron chi connectivity index (χ1n) is 8.20. The quantitative estimate of drug-likeness (QED) is 0.864. The number of carbonyl (C=O) groups excluding carboxylic acids is 1. The molecule has 2 saturated heterocycles. The molecule has 0 aliphatic carbocycles. The monoisotopic (exact) mass is 353 g/mol. The van der Waals surface area contributed by atoms with E-state index in [9.17, 15) is 13.2 Å².